The van der Waals surface area contributed by atoms with Gasteiger partial charge in [0.2, 0.25) is 12.0 Å². The molecule has 0 aliphatic carbocycles. The summed E-state index contributed by atoms with van der Waals surface area (Å²) in [5.74, 6) is 0.622. The van der Waals surface area contributed by atoms with Crippen molar-refractivity contribution < 1.29 is 0 Å². The van der Waals surface area contributed by atoms with Crippen LogP contribution in [-0.4, -0.2) is 16.3 Å². The number of hydrogen-bond acceptors (Lipinski definition) is 5. The van der Waals surface area contributed by atoms with Crippen molar-refractivity contribution in [3.8, 4) is 0 Å². The van der Waals surface area contributed by atoms with Crippen LogP contribution in [0.5, 0.6) is 0 Å². The summed E-state index contributed by atoms with van der Waals surface area (Å²) in [5.41, 5.74) is 5.94. The van der Waals surface area contributed by atoms with Gasteiger partial charge in [-0.2, -0.15) is 4.98 Å². The predicted molar refractivity (Wildman–Crippen MR) is 42.9 cm³/mol. The second-order valence-corrected chi connectivity index (χ2v) is 2.33. The van der Waals surface area contributed by atoms with Crippen molar-refractivity contribution in [3.63, 3.8) is 0 Å². The SMILES string of the molecule is Nc1nc(Cl)c2c(n1)[N+]=CN2. The van der Waals surface area contributed by atoms with E-state index < -0.39 is 0 Å². The van der Waals surface area contributed by atoms with Gasteiger partial charge in [0.25, 0.3) is 5.95 Å². The van der Waals surface area contributed by atoms with Crippen molar-refractivity contribution in [2.24, 2.45) is 0 Å². The van der Waals surface area contributed by atoms with Crippen LogP contribution in [0.25, 0.3) is 0 Å². The first-order chi connectivity index (χ1) is 5.27. The molecular weight excluding hydrogens is 166 g/mol. The van der Waals surface area contributed by atoms with E-state index in [-0.39, 0.29) is 5.95 Å². The van der Waals surface area contributed by atoms with Crippen molar-refractivity contribution in [2.45, 2.75) is 0 Å². The van der Waals surface area contributed by atoms with Gasteiger partial charge < -0.3 is 5.73 Å². The third-order valence-corrected chi connectivity index (χ3v) is 1.53. The molecule has 2 rings (SSSR count). The molecule has 55 valence electrons. The highest BCUT2D eigenvalue weighted by molar-refractivity contribution is 6.33. The van der Waals surface area contributed by atoms with Crippen LogP contribution in [0, 0.1) is 0 Å². The molecule has 1 aromatic heterocycles. The molecule has 0 fully saturated rings. The molecule has 11 heavy (non-hydrogen) atoms. The minimum Gasteiger partial charge on any atom is -0.354 e. The first-order valence-corrected chi connectivity index (χ1v) is 3.27. The summed E-state index contributed by atoms with van der Waals surface area (Å²) in [6.07, 6.45) is 1.49. The highest BCUT2D eigenvalue weighted by atomic mass is 35.5. The minimum absolute atomic E-state index is 0.134. The van der Waals surface area contributed by atoms with Gasteiger partial charge in [0.05, 0.1) is 0 Å². The molecule has 6 heteroatoms. The third kappa shape index (κ3) is 0.894. The van der Waals surface area contributed by atoms with Crippen LogP contribution >= 0.6 is 11.6 Å². The van der Waals surface area contributed by atoms with Gasteiger partial charge in [-0.3, -0.25) is 5.32 Å². The van der Waals surface area contributed by atoms with E-state index in [1.54, 1.807) is 0 Å². The molecule has 0 spiro atoms. The molecule has 0 saturated carbocycles. The van der Waals surface area contributed by atoms with E-state index in [0.717, 1.165) is 0 Å². The Balaban J connectivity index is 2.66. The average molecular weight is 170 g/mol. The lowest BCUT2D eigenvalue weighted by molar-refractivity contribution is 1.16. The number of nitrogens with zero attached hydrogens (tertiary/aromatic N) is 3. The average Bonchev–Trinajstić information content (AvgIpc) is 2.34. The van der Waals surface area contributed by atoms with E-state index in [2.05, 4.69) is 20.3 Å². The largest absolute Gasteiger partial charge is 0.354 e. The highest BCUT2D eigenvalue weighted by Crippen LogP contribution is 2.28. The lowest BCUT2D eigenvalue weighted by Crippen LogP contribution is -1.97. The fraction of sp³-hybridized carbons (Fsp3) is 0. The van der Waals surface area contributed by atoms with Crippen molar-refractivity contribution in [3.05, 3.63) is 5.15 Å². The van der Waals surface area contributed by atoms with Crippen LogP contribution in [-0.2, 0) is 0 Å². The maximum absolute atomic E-state index is 5.70. The summed E-state index contributed by atoms with van der Waals surface area (Å²) < 4.78 is 0. The molecular formula is C5H4ClN5+. The Kier molecular flexibility index (Phi) is 1.19. The number of anilines is 2. The van der Waals surface area contributed by atoms with Gasteiger partial charge in [-0.05, 0) is 0 Å². The molecule has 0 bridgehead atoms. The number of hydrogen-bond donors (Lipinski definition) is 2. The fourth-order valence-electron chi connectivity index (χ4n) is 0.814. The molecule has 0 aromatic carbocycles. The van der Waals surface area contributed by atoms with Gasteiger partial charge in [-0.1, -0.05) is 21.6 Å². The molecule has 0 unspecified atom stereocenters. The van der Waals surface area contributed by atoms with E-state index in [1.807, 2.05) is 0 Å². The molecule has 1 radical (unpaired) electrons. The summed E-state index contributed by atoms with van der Waals surface area (Å²) in [7, 11) is 0. The molecule has 0 amide bonds. The Bertz CT molecular complexity index is 334. The topological polar surface area (TPSA) is 77.9 Å². The van der Waals surface area contributed by atoms with Crippen LogP contribution in [0.1, 0.15) is 0 Å². The van der Waals surface area contributed by atoms with E-state index in [1.165, 1.54) is 6.34 Å². The van der Waals surface area contributed by atoms with Gasteiger partial charge in [-0.15, -0.1) is 0 Å². The van der Waals surface area contributed by atoms with Crippen LogP contribution < -0.4 is 16.0 Å². The van der Waals surface area contributed by atoms with Crippen LogP contribution in [0.3, 0.4) is 0 Å². The van der Waals surface area contributed by atoms with Crippen molar-refractivity contribution in [1.82, 2.24) is 15.0 Å². The van der Waals surface area contributed by atoms with Gasteiger partial charge in [0.1, 0.15) is 0 Å². The first kappa shape index (κ1) is 6.36. The fourth-order valence-corrected chi connectivity index (χ4v) is 1.04. The Morgan fingerprint density at radius 1 is 1.55 bits per heavy atom. The molecule has 1 aliphatic heterocycles. The quantitative estimate of drug-likeness (QED) is 0.542. The highest BCUT2D eigenvalue weighted by Gasteiger charge is 2.22. The smallest absolute Gasteiger partial charge is 0.342 e. The van der Waals surface area contributed by atoms with Gasteiger partial charge in [-0.25, -0.2) is 0 Å². The van der Waals surface area contributed by atoms with Crippen molar-refractivity contribution in [2.75, 3.05) is 11.1 Å². The number of aliphatic imine (C=N–C) groups is 1. The van der Waals surface area contributed by atoms with Gasteiger partial charge in [0.15, 0.2) is 5.15 Å². The molecule has 3 N–H and O–H groups in total. The molecule has 1 aromatic rings. The van der Waals surface area contributed by atoms with Crippen LogP contribution in [0.2, 0.25) is 5.15 Å². The Labute approximate surface area is 67.3 Å². The van der Waals surface area contributed by atoms with E-state index >= 15 is 0 Å². The number of fused-ring (bicyclic) bond motifs is 1. The number of nitrogens with one attached hydrogen (secondary N) is 1. The molecule has 0 saturated heterocycles. The second kappa shape index (κ2) is 2.06. The summed E-state index contributed by atoms with van der Waals surface area (Å²) >= 11 is 5.70. The maximum atomic E-state index is 5.70. The number of nitrogen functional groups attached to an aromatic ring is 1. The van der Waals surface area contributed by atoms with Crippen molar-refractivity contribution >= 4 is 35.4 Å². The summed E-state index contributed by atoms with van der Waals surface area (Å²) in [4.78, 5) is 11.4. The first-order valence-electron chi connectivity index (χ1n) is 2.89. The van der Waals surface area contributed by atoms with E-state index in [0.29, 0.717) is 16.7 Å². The summed E-state index contributed by atoms with van der Waals surface area (Å²) in [6.45, 7) is 0. The Morgan fingerprint density at radius 2 is 2.36 bits per heavy atom. The molecule has 0 atom stereocenters. The summed E-state index contributed by atoms with van der Waals surface area (Å²) in [5, 5.41) is 3.09. The number of nitrogens with two attached hydrogens (primary N) is 1. The maximum Gasteiger partial charge on any atom is 0.342 e. The number of halogens is 1. The predicted octanol–water partition coefficient (Wildman–Crippen LogP) is 0.133. The van der Waals surface area contributed by atoms with Gasteiger partial charge in [0, 0.05) is 0 Å². The van der Waals surface area contributed by atoms with E-state index in [4.69, 9.17) is 17.3 Å². The van der Waals surface area contributed by atoms with Crippen LogP contribution in [0.15, 0.2) is 0 Å². The second-order valence-electron chi connectivity index (χ2n) is 1.97. The number of rotatable bonds is 0. The minimum atomic E-state index is 0.134. The Hall–Kier alpha value is -1.36. The van der Waals surface area contributed by atoms with Gasteiger partial charge >= 0.3 is 5.82 Å². The lowest BCUT2D eigenvalue weighted by atomic mass is 10.5. The van der Waals surface area contributed by atoms with Crippen LogP contribution in [0.4, 0.5) is 17.5 Å². The standard InChI is InChI=1S/C5H4ClN5/c6-3-2-4(9-1-8-2)11-5(7)10-3/h1,8H,(H2,7,10,11)/q+1. The summed E-state index contributed by atoms with van der Waals surface area (Å²) in [6, 6.07) is 0. The lowest BCUT2D eigenvalue weighted by Gasteiger charge is -1.91. The van der Waals surface area contributed by atoms with E-state index in [9.17, 15) is 0 Å². The zero-order valence-corrected chi connectivity index (χ0v) is 6.13. The Morgan fingerprint density at radius 3 is 3.18 bits per heavy atom. The molecule has 2 heterocycles. The zero-order valence-electron chi connectivity index (χ0n) is 5.37. The van der Waals surface area contributed by atoms with Crippen molar-refractivity contribution in [1.29, 1.82) is 0 Å². The molecule has 1 aliphatic rings. The normalized spacial score (nSPS) is 12.8. The zero-order chi connectivity index (χ0) is 7.84. The number of aromatic nitrogens is 2. The third-order valence-electron chi connectivity index (χ3n) is 1.26. The monoisotopic (exact) mass is 169 g/mol. The molecule has 5 nitrogen and oxygen atoms in total.